The van der Waals surface area contributed by atoms with E-state index in [9.17, 15) is 0 Å². The number of nitrogens with zero attached hydrogens (tertiary/aromatic N) is 3. The molecule has 1 aliphatic rings. The summed E-state index contributed by atoms with van der Waals surface area (Å²) in [4.78, 5) is 9.68. The van der Waals surface area contributed by atoms with Crippen LogP contribution < -0.4 is 10.1 Å². The van der Waals surface area contributed by atoms with E-state index in [2.05, 4.69) is 35.9 Å². The van der Waals surface area contributed by atoms with Gasteiger partial charge in [0.05, 0.1) is 0 Å². The van der Waals surface area contributed by atoms with Gasteiger partial charge in [0.2, 0.25) is 0 Å². The Morgan fingerprint density at radius 1 is 1.15 bits per heavy atom. The molecule has 0 unspecified atom stereocenters. The van der Waals surface area contributed by atoms with Crippen LogP contribution in [0.25, 0.3) is 0 Å². The Hall–Kier alpha value is -1.75. The van der Waals surface area contributed by atoms with Crippen molar-refractivity contribution in [2.75, 3.05) is 45.8 Å². The summed E-state index contributed by atoms with van der Waals surface area (Å²) in [6, 6.07) is 10.1. The number of rotatable bonds is 9. The van der Waals surface area contributed by atoms with Crippen molar-refractivity contribution in [3.63, 3.8) is 0 Å². The van der Waals surface area contributed by atoms with E-state index in [1.807, 2.05) is 30.3 Å². The van der Waals surface area contributed by atoms with Crippen LogP contribution in [0.15, 0.2) is 35.3 Å². The summed E-state index contributed by atoms with van der Waals surface area (Å²) in [6.07, 6.45) is 3.50. The van der Waals surface area contributed by atoms with Crippen molar-refractivity contribution in [1.82, 2.24) is 15.1 Å². The molecule has 5 heteroatoms. The first-order valence-electron chi connectivity index (χ1n) is 10.2. The number of ether oxygens (including phenoxy) is 1. The number of nitrogens with one attached hydrogen (secondary N) is 1. The topological polar surface area (TPSA) is 40.1 Å². The van der Waals surface area contributed by atoms with E-state index in [1.54, 1.807) is 0 Å². The van der Waals surface area contributed by atoms with E-state index < -0.39 is 0 Å². The van der Waals surface area contributed by atoms with Gasteiger partial charge in [-0.3, -0.25) is 4.99 Å². The fourth-order valence-electron chi connectivity index (χ4n) is 3.32. The van der Waals surface area contributed by atoms with Crippen molar-refractivity contribution in [2.45, 2.75) is 46.1 Å². The molecule has 0 aromatic heterocycles. The first kappa shape index (κ1) is 20.6. The van der Waals surface area contributed by atoms with E-state index in [4.69, 9.17) is 9.73 Å². The number of likely N-dealkylation sites (tertiary alicyclic amines) is 1. The smallest absolute Gasteiger partial charge is 0.193 e. The van der Waals surface area contributed by atoms with Gasteiger partial charge in [0, 0.05) is 39.0 Å². The molecule has 146 valence electrons. The Balaban J connectivity index is 1.78. The molecule has 0 radical (unpaired) electrons. The van der Waals surface area contributed by atoms with Crippen molar-refractivity contribution < 1.29 is 4.74 Å². The SMILES string of the molecule is CCNC(=NCCCN(CC)CC)N1CCC(Oc2ccccc2)CC1. The van der Waals surface area contributed by atoms with Gasteiger partial charge in [0.25, 0.3) is 0 Å². The Morgan fingerprint density at radius 2 is 1.85 bits per heavy atom. The predicted octanol–water partition coefficient (Wildman–Crippen LogP) is 3.23. The maximum atomic E-state index is 6.10. The Bertz CT molecular complexity index is 508. The summed E-state index contributed by atoms with van der Waals surface area (Å²) in [5, 5.41) is 3.45. The van der Waals surface area contributed by atoms with Crippen LogP contribution in [0.5, 0.6) is 5.75 Å². The summed E-state index contributed by atoms with van der Waals surface area (Å²) in [5.41, 5.74) is 0. The minimum absolute atomic E-state index is 0.305. The van der Waals surface area contributed by atoms with Gasteiger partial charge in [-0.15, -0.1) is 0 Å². The highest BCUT2D eigenvalue weighted by Crippen LogP contribution is 2.18. The lowest BCUT2D eigenvalue weighted by Gasteiger charge is -2.34. The molecule has 1 aliphatic heterocycles. The van der Waals surface area contributed by atoms with Gasteiger partial charge in [-0.1, -0.05) is 32.0 Å². The molecule has 0 aliphatic carbocycles. The molecule has 1 N–H and O–H groups in total. The predicted molar refractivity (Wildman–Crippen MR) is 110 cm³/mol. The molecule has 5 nitrogen and oxygen atoms in total. The average Bonchev–Trinajstić information content (AvgIpc) is 2.69. The third-order valence-corrected chi connectivity index (χ3v) is 4.91. The summed E-state index contributed by atoms with van der Waals surface area (Å²) in [5.74, 6) is 2.04. The normalized spacial score (nSPS) is 16.2. The minimum Gasteiger partial charge on any atom is -0.490 e. The van der Waals surface area contributed by atoms with Crippen LogP contribution in [0.3, 0.4) is 0 Å². The van der Waals surface area contributed by atoms with Crippen molar-refractivity contribution >= 4 is 5.96 Å². The summed E-state index contributed by atoms with van der Waals surface area (Å²) >= 11 is 0. The van der Waals surface area contributed by atoms with Gasteiger partial charge >= 0.3 is 0 Å². The van der Waals surface area contributed by atoms with Crippen molar-refractivity contribution in [1.29, 1.82) is 0 Å². The van der Waals surface area contributed by atoms with Crippen LogP contribution in [0, 0.1) is 0 Å². The maximum Gasteiger partial charge on any atom is 0.193 e. The van der Waals surface area contributed by atoms with E-state index >= 15 is 0 Å². The highest BCUT2D eigenvalue weighted by atomic mass is 16.5. The largest absolute Gasteiger partial charge is 0.490 e. The fourth-order valence-corrected chi connectivity index (χ4v) is 3.32. The van der Waals surface area contributed by atoms with Gasteiger partial charge in [-0.2, -0.15) is 0 Å². The van der Waals surface area contributed by atoms with Gasteiger partial charge in [-0.05, 0) is 45.1 Å². The van der Waals surface area contributed by atoms with Crippen LogP contribution in [0.4, 0.5) is 0 Å². The average molecular weight is 361 g/mol. The number of benzene rings is 1. The first-order chi connectivity index (χ1) is 12.8. The molecule has 0 amide bonds. The lowest BCUT2D eigenvalue weighted by Crippen LogP contribution is -2.47. The van der Waals surface area contributed by atoms with E-state index in [0.29, 0.717) is 6.10 Å². The zero-order chi connectivity index (χ0) is 18.6. The minimum atomic E-state index is 0.305. The molecule has 0 spiro atoms. The molecule has 0 bridgehead atoms. The second-order valence-electron chi connectivity index (χ2n) is 6.73. The quantitative estimate of drug-likeness (QED) is 0.417. The van der Waals surface area contributed by atoms with Gasteiger partial charge in [0.15, 0.2) is 5.96 Å². The van der Waals surface area contributed by atoms with Crippen LogP contribution in [0.1, 0.15) is 40.0 Å². The Kier molecular flexibility index (Phi) is 9.32. The number of piperidine rings is 1. The molecule has 26 heavy (non-hydrogen) atoms. The molecule has 1 aromatic carbocycles. The number of aliphatic imine (C=N–C) groups is 1. The summed E-state index contributed by atoms with van der Waals surface area (Å²) < 4.78 is 6.10. The fraction of sp³-hybridized carbons (Fsp3) is 0.667. The molecule has 1 fully saturated rings. The molecule has 2 rings (SSSR count). The van der Waals surface area contributed by atoms with Gasteiger partial charge < -0.3 is 19.9 Å². The molecular weight excluding hydrogens is 324 g/mol. The van der Waals surface area contributed by atoms with Crippen LogP contribution in [-0.2, 0) is 0 Å². The molecule has 0 atom stereocenters. The highest BCUT2D eigenvalue weighted by Gasteiger charge is 2.22. The zero-order valence-corrected chi connectivity index (χ0v) is 16.8. The molecule has 0 saturated carbocycles. The number of guanidine groups is 1. The number of para-hydroxylation sites is 1. The maximum absolute atomic E-state index is 6.10. The highest BCUT2D eigenvalue weighted by molar-refractivity contribution is 5.80. The van der Waals surface area contributed by atoms with Crippen molar-refractivity contribution in [2.24, 2.45) is 4.99 Å². The van der Waals surface area contributed by atoms with Crippen LogP contribution >= 0.6 is 0 Å². The molecule has 1 saturated heterocycles. The summed E-state index contributed by atoms with van der Waals surface area (Å²) in [7, 11) is 0. The van der Waals surface area contributed by atoms with E-state index in [1.165, 1.54) is 0 Å². The molecule has 1 aromatic rings. The number of hydrogen-bond acceptors (Lipinski definition) is 3. The lowest BCUT2D eigenvalue weighted by atomic mass is 10.1. The first-order valence-corrected chi connectivity index (χ1v) is 10.2. The second kappa shape index (κ2) is 11.8. The van der Waals surface area contributed by atoms with E-state index in [0.717, 1.165) is 76.8 Å². The van der Waals surface area contributed by atoms with Crippen LogP contribution in [0.2, 0.25) is 0 Å². The summed E-state index contributed by atoms with van der Waals surface area (Å²) in [6.45, 7) is 13.7. The third kappa shape index (κ3) is 6.87. The lowest BCUT2D eigenvalue weighted by molar-refractivity contribution is 0.129. The van der Waals surface area contributed by atoms with Crippen molar-refractivity contribution in [3.05, 3.63) is 30.3 Å². The monoisotopic (exact) mass is 360 g/mol. The molecule has 1 heterocycles. The number of hydrogen-bond donors (Lipinski definition) is 1. The van der Waals surface area contributed by atoms with Crippen molar-refractivity contribution in [3.8, 4) is 5.75 Å². The standard InChI is InChI=1S/C21H36N4O/c1-4-22-21(23-15-10-16-24(5-2)6-3)25-17-13-20(14-18-25)26-19-11-8-7-9-12-19/h7-9,11-12,20H,4-6,10,13-18H2,1-3H3,(H,22,23). The van der Waals surface area contributed by atoms with Gasteiger partial charge in [-0.25, -0.2) is 0 Å². The van der Waals surface area contributed by atoms with E-state index in [-0.39, 0.29) is 0 Å². The zero-order valence-electron chi connectivity index (χ0n) is 16.8. The Morgan fingerprint density at radius 3 is 2.46 bits per heavy atom. The third-order valence-electron chi connectivity index (χ3n) is 4.91. The Labute approximate surface area is 159 Å². The van der Waals surface area contributed by atoms with Gasteiger partial charge in [0.1, 0.15) is 11.9 Å². The second-order valence-corrected chi connectivity index (χ2v) is 6.73. The molecular formula is C21H36N4O. The van der Waals surface area contributed by atoms with Crippen LogP contribution in [-0.4, -0.2) is 67.7 Å².